The highest BCUT2D eigenvalue weighted by Crippen LogP contribution is 1.98. The van der Waals surface area contributed by atoms with E-state index in [1.807, 2.05) is 0 Å². The van der Waals surface area contributed by atoms with E-state index in [4.69, 9.17) is 0 Å². The molecule has 6 heavy (non-hydrogen) atoms. The Labute approximate surface area is 47.4 Å². The zero-order valence-corrected chi connectivity index (χ0v) is 5.29. The molecule has 0 heterocycles. The van der Waals surface area contributed by atoms with Crippen LogP contribution in [0.15, 0.2) is 12.2 Å². The van der Waals surface area contributed by atoms with Crippen molar-refractivity contribution in [2.75, 3.05) is 5.33 Å². The van der Waals surface area contributed by atoms with Crippen LogP contribution in [0.25, 0.3) is 0 Å². The van der Waals surface area contributed by atoms with E-state index in [1.54, 1.807) is 0 Å². The summed E-state index contributed by atoms with van der Waals surface area (Å²) in [5.41, 5.74) is 1.15. The topological polar surface area (TPSA) is 0 Å². The van der Waals surface area contributed by atoms with Crippen LogP contribution in [0.2, 0.25) is 0 Å². The van der Waals surface area contributed by atoms with Gasteiger partial charge in [0, 0.05) is 5.33 Å². The second-order valence-corrected chi connectivity index (χ2v) is 1.69. The molecule has 0 aliphatic carbocycles. The average Bonchev–Trinajstić information content (AvgIpc) is 1.65. The SMILES string of the molecule is [CH2]CC(=C)CBr. The van der Waals surface area contributed by atoms with Crippen molar-refractivity contribution in [3.8, 4) is 0 Å². The minimum absolute atomic E-state index is 0.839. The molecule has 1 heteroatoms. The summed E-state index contributed by atoms with van der Waals surface area (Å²) in [6.45, 7) is 7.31. The van der Waals surface area contributed by atoms with Crippen LogP contribution in [0, 0.1) is 6.92 Å². The van der Waals surface area contributed by atoms with E-state index in [1.165, 1.54) is 0 Å². The fraction of sp³-hybridized carbons (Fsp3) is 0.400. The Morgan fingerprint density at radius 2 is 2.17 bits per heavy atom. The van der Waals surface area contributed by atoms with Crippen LogP contribution in [0.3, 0.4) is 0 Å². The average molecular weight is 148 g/mol. The quantitative estimate of drug-likeness (QED) is 0.415. The van der Waals surface area contributed by atoms with Crippen molar-refractivity contribution in [2.45, 2.75) is 6.42 Å². The van der Waals surface area contributed by atoms with Gasteiger partial charge in [-0.05, 0) is 13.3 Å². The number of allylic oxidation sites excluding steroid dienone is 1. The lowest BCUT2D eigenvalue weighted by Crippen LogP contribution is -1.73. The molecule has 0 amide bonds. The molecule has 0 bridgehead atoms. The molecule has 0 aliphatic heterocycles. The molecule has 35 valence electrons. The third kappa shape index (κ3) is 2.46. The van der Waals surface area contributed by atoms with Crippen molar-refractivity contribution in [3.05, 3.63) is 19.1 Å². The van der Waals surface area contributed by atoms with Crippen LogP contribution in [-0.4, -0.2) is 5.33 Å². The summed E-state index contributed by atoms with van der Waals surface area (Å²) in [6.07, 6.45) is 0.839. The van der Waals surface area contributed by atoms with E-state index in [0.717, 1.165) is 17.3 Å². The molecule has 0 aromatic rings. The highest BCUT2D eigenvalue weighted by molar-refractivity contribution is 9.09. The molecular weight excluding hydrogens is 140 g/mol. The van der Waals surface area contributed by atoms with Crippen molar-refractivity contribution in [3.63, 3.8) is 0 Å². The molecule has 0 aromatic carbocycles. The molecule has 0 nitrogen and oxygen atoms in total. The molecule has 0 N–H and O–H groups in total. The molecule has 0 spiro atoms. The van der Waals surface area contributed by atoms with Crippen LogP contribution < -0.4 is 0 Å². The van der Waals surface area contributed by atoms with E-state index in [2.05, 4.69) is 29.4 Å². The first-order valence-electron chi connectivity index (χ1n) is 1.83. The highest BCUT2D eigenvalue weighted by atomic mass is 79.9. The van der Waals surface area contributed by atoms with E-state index in [-0.39, 0.29) is 0 Å². The van der Waals surface area contributed by atoms with Crippen LogP contribution in [0.5, 0.6) is 0 Å². The van der Waals surface area contributed by atoms with Crippen molar-refractivity contribution in [1.29, 1.82) is 0 Å². The zero-order valence-electron chi connectivity index (χ0n) is 3.71. The van der Waals surface area contributed by atoms with Gasteiger partial charge in [0.15, 0.2) is 0 Å². The molecule has 0 fully saturated rings. The molecule has 0 unspecified atom stereocenters. The van der Waals surface area contributed by atoms with Gasteiger partial charge >= 0.3 is 0 Å². The second-order valence-electron chi connectivity index (χ2n) is 1.13. The maximum atomic E-state index is 3.68. The summed E-state index contributed by atoms with van der Waals surface area (Å²) >= 11 is 3.24. The molecular formula is C5H8Br. The normalized spacial score (nSPS) is 8.33. The van der Waals surface area contributed by atoms with E-state index < -0.39 is 0 Å². The lowest BCUT2D eigenvalue weighted by atomic mass is 10.3. The summed E-state index contributed by atoms with van der Waals surface area (Å²) in [6, 6.07) is 0. The number of hydrogen-bond acceptors (Lipinski definition) is 0. The molecule has 0 atom stereocenters. The Morgan fingerprint density at radius 3 is 2.17 bits per heavy atom. The Kier molecular flexibility index (Phi) is 3.54. The summed E-state index contributed by atoms with van der Waals surface area (Å²) in [5, 5.41) is 0.885. The predicted octanol–water partition coefficient (Wildman–Crippen LogP) is 2.16. The Morgan fingerprint density at radius 1 is 1.67 bits per heavy atom. The largest absolute Gasteiger partial charge is 0.0990 e. The fourth-order valence-electron chi connectivity index (χ4n) is 0.0668. The number of hydrogen-bond donors (Lipinski definition) is 0. The van der Waals surface area contributed by atoms with Crippen LogP contribution in [0.1, 0.15) is 6.42 Å². The van der Waals surface area contributed by atoms with Gasteiger partial charge in [-0.15, -0.1) is 0 Å². The third-order valence-electron chi connectivity index (χ3n) is 0.543. The molecule has 0 aromatic heterocycles. The predicted molar refractivity (Wildman–Crippen MR) is 32.9 cm³/mol. The minimum Gasteiger partial charge on any atom is -0.0990 e. The van der Waals surface area contributed by atoms with E-state index in [0.29, 0.717) is 0 Å². The van der Waals surface area contributed by atoms with Gasteiger partial charge in [0.05, 0.1) is 0 Å². The van der Waals surface area contributed by atoms with Gasteiger partial charge < -0.3 is 0 Å². The monoisotopic (exact) mass is 147 g/mol. The van der Waals surface area contributed by atoms with Crippen molar-refractivity contribution in [2.24, 2.45) is 0 Å². The van der Waals surface area contributed by atoms with E-state index >= 15 is 0 Å². The summed E-state index contributed by atoms with van der Waals surface area (Å²) < 4.78 is 0. The van der Waals surface area contributed by atoms with Gasteiger partial charge in [-0.3, -0.25) is 0 Å². The molecule has 0 saturated carbocycles. The van der Waals surface area contributed by atoms with Gasteiger partial charge in [0.25, 0.3) is 0 Å². The van der Waals surface area contributed by atoms with Crippen molar-refractivity contribution >= 4 is 15.9 Å². The molecule has 1 radical (unpaired) electrons. The molecule has 0 aliphatic rings. The Balaban J connectivity index is 2.99. The van der Waals surface area contributed by atoms with Gasteiger partial charge in [-0.2, -0.15) is 0 Å². The molecule has 0 saturated heterocycles. The standard InChI is InChI=1S/C5H8Br/c1-3-5(2)4-6/h1-4H2. The number of halogens is 1. The number of rotatable bonds is 2. The second kappa shape index (κ2) is 3.41. The van der Waals surface area contributed by atoms with Crippen molar-refractivity contribution in [1.82, 2.24) is 0 Å². The van der Waals surface area contributed by atoms with Gasteiger partial charge in [-0.25, -0.2) is 0 Å². The lowest BCUT2D eigenvalue weighted by molar-refractivity contribution is 1.25. The van der Waals surface area contributed by atoms with Crippen LogP contribution >= 0.6 is 15.9 Å². The summed E-state index contributed by atoms with van der Waals surface area (Å²) in [5.74, 6) is 0. The zero-order chi connectivity index (χ0) is 4.99. The van der Waals surface area contributed by atoms with Crippen LogP contribution in [0.4, 0.5) is 0 Å². The highest BCUT2D eigenvalue weighted by Gasteiger charge is 1.79. The van der Waals surface area contributed by atoms with Gasteiger partial charge in [0.2, 0.25) is 0 Å². The summed E-state index contributed by atoms with van der Waals surface area (Å²) in [7, 11) is 0. The van der Waals surface area contributed by atoms with Crippen molar-refractivity contribution < 1.29 is 0 Å². The summed E-state index contributed by atoms with van der Waals surface area (Å²) in [4.78, 5) is 0. The Hall–Kier alpha value is 0.220. The first kappa shape index (κ1) is 6.22. The van der Waals surface area contributed by atoms with Crippen LogP contribution in [-0.2, 0) is 0 Å². The minimum atomic E-state index is 0.839. The van der Waals surface area contributed by atoms with E-state index in [9.17, 15) is 0 Å². The van der Waals surface area contributed by atoms with Gasteiger partial charge in [0.1, 0.15) is 0 Å². The maximum Gasteiger partial charge on any atom is 0.0239 e. The fourth-order valence-corrected chi connectivity index (χ4v) is 0.347. The Bertz CT molecular complexity index is 41.9. The first-order chi connectivity index (χ1) is 2.81. The lowest BCUT2D eigenvalue weighted by Gasteiger charge is -1.87. The smallest absolute Gasteiger partial charge is 0.0239 e. The third-order valence-corrected chi connectivity index (χ3v) is 1.34. The molecule has 0 rings (SSSR count). The first-order valence-corrected chi connectivity index (χ1v) is 2.95. The van der Waals surface area contributed by atoms with Gasteiger partial charge in [-0.1, -0.05) is 28.1 Å². The number of alkyl halides is 1. The maximum absolute atomic E-state index is 3.68.